The molecule has 118 valence electrons. The van der Waals surface area contributed by atoms with E-state index in [1.807, 2.05) is 23.1 Å². The number of para-hydroxylation sites is 1. The lowest BCUT2D eigenvalue weighted by molar-refractivity contribution is -0.117. The highest BCUT2D eigenvalue weighted by molar-refractivity contribution is 8.16. The first-order chi connectivity index (χ1) is 10.4. The minimum absolute atomic E-state index is 0.0647. The molecule has 0 aromatic heterocycles. The summed E-state index contributed by atoms with van der Waals surface area (Å²) in [5.74, 6) is -0.0416. The largest absolute Gasteiger partial charge is 0.314 e. The molecular weight excluding hydrogens is 344 g/mol. The fourth-order valence-corrected chi connectivity index (χ4v) is 6.83. The fourth-order valence-electron chi connectivity index (χ4n) is 2.68. The Morgan fingerprint density at radius 1 is 1.41 bits per heavy atom. The van der Waals surface area contributed by atoms with Gasteiger partial charge in [0.05, 0.1) is 28.3 Å². The lowest BCUT2D eigenvalue weighted by atomic mass is 10.2. The Morgan fingerprint density at radius 2 is 2.14 bits per heavy atom. The number of nitrogens with zero attached hydrogens (tertiary/aromatic N) is 2. The Balaban J connectivity index is 2.05. The van der Waals surface area contributed by atoms with Crippen LogP contribution in [0.4, 0.5) is 5.69 Å². The van der Waals surface area contributed by atoms with Crippen molar-refractivity contribution >= 4 is 50.0 Å². The minimum atomic E-state index is -3.06. The molecule has 5 nitrogen and oxygen atoms in total. The number of rotatable bonds is 2. The van der Waals surface area contributed by atoms with Crippen molar-refractivity contribution in [2.24, 2.45) is 4.99 Å². The Hall–Kier alpha value is -1.05. The summed E-state index contributed by atoms with van der Waals surface area (Å²) < 4.78 is 23.8. The molecule has 0 bridgehead atoms. The lowest BCUT2D eigenvalue weighted by Crippen LogP contribution is -2.37. The van der Waals surface area contributed by atoms with Gasteiger partial charge in [0, 0.05) is 11.7 Å². The summed E-state index contributed by atoms with van der Waals surface area (Å²) in [5.41, 5.74) is 0.698. The van der Waals surface area contributed by atoms with Crippen molar-refractivity contribution in [2.75, 3.05) is 16.4 Å². The fraction of sp³-hybridized carbons (Fsp3) is 0.429. The highest BCUT2D eigenvalue weighted by Crippen LogP contribution is 2.42. The number of anilines is 1. The average Bonchev–Trinajstić information content (AvgIpc) is 2.91. The molecule has 0 aliphatic carbocycles. The lowest BCUT2D eigenvalue weighted by Gasteiger charge is -2.25. The van der Waals surface area contributed by atoms with Crippen LogP contribution in [0.2, 0.25) is 5.02 Å². The molecule has 2 atom stereocenters. The van der Waals surface area contributed by atoms with Crippen LogP contribution in [-0.4, -0.2) is 42.3 Å². The van der Waals surface area contributed by atoms with Gasteiger partial charge in [0.25, 0.3) is 0 Å². The van der Waals surface area contributed by atoms with Crippen LogP contribution < -0.4 is 4.90 Å². The minimum Gasteiger partial charge on any atom is -0.314 e. The zero-order valence-corrected chi connectivity index (χ0v) is 14.3. The third kappa shape index (κ3) is 2.89. The third-order valence-electron chi connectivity index (χ3n) is 3.70. The summed E-state index contributed by atoms with van der Waals surface area (Å²) >= 11 is 7.62. The summed E-state index contributed by atoms with van der Waals surface area (Å²) in [6, 6.07) is 6.99. The Morgan fingerprint density at radius 3 is 2.82 bits per heavy atom. The number of hydrogen-bond acceptors (Lipinski definition) is 4. The predicted octanol–water partition coefficient (Wildman–Crippen LogP) is 2.35. The van der Waals surface area contributed by atoms with Crippen molar-refractivity contribution in [3.8, 4) is 0 Å². The molecule has 2 aliphatic heterocycles. The van der Waals surface area contributed by atoms with Crippen molar-refractivity contribution < 1.29 is 13.2 Å². The molecule has 0 unspecified atom stereocenters. The van der Waals surface area contributed by atoms with E-state index in [2.05, 4.69) is 4.99 Å². The van der Waals surface area contributed by atoms with Crippen LogP contribution in [0.25, 0.3) is 0 Å². The predicted molar refractivity (Wildman–Crippen MR) is 90.5 cm³/mol. The molecule has 2 heterocycles. The number of amidine groups is 1. The van der Waals surface area contributed by atoms with E-state index in [0.717, 1.165) is 0 Å². The van der Waals surface area contributed by atoms with E-state index in [1.165, 1.54) is 11.8 Å². The number of amides is 1. The second-order valence-corrected chi connectivity index (χ2v) is 9.03. The van der Waals surface area contributed by atoms with Gasteiger partial charge in [-0.3, -0.25) is 4.79 Å². The molecule has 0 saturated carbocycles. The number of hydrogen-bond donors (Lipinski definition) is 0. The second-order valence-electron chi connectivity index (χ2n) is 5.26. The van der Waals surface area contributed by atoms with Crippen LogP contribution in [-0.2, 0) is 14.6 Å². The van der Waals surface area contributed by atoms with Crippen molar-refractivity contribution in [3.05, 3.63) is 29.3 Å². The summed E-state index contributed by atoms with van der Waals surface area (Å²) in [6.07, 6.45) is 0.314. The van der Waals surface area contributed by atoms with Gasteiger partial charge in [-0.05, 0) is 12.1 Å². The van der Waals surface area contributed by atoms with Gasteiger partial charge >= 0.3 is 0 Å². The van der Waals surface area contributed by atoms with Crippen LogP contribution in [0.5, 0.6) is 0 Å². The van der Waals surface area contributed by atoms with Crippen LogP contribution >= 0.6 is 23.4 Å². The summed E-state index contributed by atoms with van der Waals surface area (Å²) in [5, 5.41) is 0.958. The summed E-state index contributed by atoms with van der Waals surface area (Å²) in [6.45, 7) is 1.75. The van der Waals surface area contributed by atoms with E-state index in [9.17, 15) is 13.2 Å². The van der Waals surface area contributed by atoms with Gasteiger partial charge in [0.1, 0.15) is 0 Å². The van der Waals surface area contributed by atoms with Gasteiger partial charge in [-0.25, -0.2) is 8.42 Å². The maximum absolute atomic E-state index is 11.9. The van der Waals surface area contributed by atoms with E-state index < -0.39 is 9.84 Å². The number of fused-ring (bicyclic) bond motifs is 1. The van der Waals surface area contributed by atoms with Gasteiger partial charge in [0.2, 0.25) is 5.91 Å². The standard InChI is InChI=1S/C14H15ClN2O3S2/c1-2-13(18)16-14-17(10-6-4-3-5-9(10)15)11-7-22(19,20)8-12(11)21-14/h3-6,11-12H,2,7-8H2,1H3/t11-,12-/m1/s1. The van der Waals surface area contributed by atoms with Crippen molar-refractivity contribution in [1.29, 1.82) is 0 Å². The SMILES string of the molecule is CCC(=O)N=C1S[C@@H]2CS(=O)(=O)C[C@H]2N1c1ccccc1Cl. The topological polar surface area (TPSA) is 66.8 Å². The maximum atomic E-state index is 11.9. The number of thioether (sulfide) groups is 1. The first-order valence-corrected chi connectivity index (χ1v) is 10.0. The van der Waals surface area contributed by atoms with E-state index >= 15 is 0 Å². The van der Waals surface area contributed by atoms with Crippen molar-refractivity contribution in [3.63, 3.8) is 0 Å². The quantitative estimate of drug-likeness (QED) is 0.811. The molecule has 1 aromatic rings. The van der Waals surface area contributed by atoms with Gasteiger partial charge in [-0.15, -0.1) is 0 Å². The first kappa shape index (κ1) is 15.8. The Bertz CT molecular complexity index is 748. The first-order valence-electron chi connectivity index (χ1n) is 6.93. The zero-order valence-electron chi connectivity index (χ0n) is 11.9. The number of carbonyl (C=O) groups excluding carboxylic acids is 1. The van der Waals surface area contributed by atoms with Crippen LogP contribution in [0.1, 0.15) is 13.3 Å². The molecule has 2 saturated heterocycles. The third-order valence-corrected chi connectivity index (χ3v) is 7.23. The summed E-state index contributed by atoms with van der Waals surface area (Å²) in [7, 11) is -3.06. The van der Waals surface area contributed by atoms with Crippen molar-refractivity contribution in [1.82, 2.24) is 0 Å². The van der Waals surface area contributed by atoms with E-state index in [1.54, 1.807) is 13.0 Å². The van der Waals surface area contributed by atoms with Gasteiger partial charge in [-0.2, -0.15) is 4.99 Å². The number of carbonyl (C=O) groups is 1. The molecule has 22 heavy (non-hydrogen) atoms. The zero-order chi connectivity index (χ0) is 15.9. The van der Waals surface area contributed by atoms with Gasteiger partial charge < -0.3 is 4.90 Å². The molecule has 0 spiro atoms. The highest BCUT2D eigenvalue weighted by atomic mass is 35.5. The Kier molecular flexibility index (Phi) is 4.22. The van der Waals surface area contributed by atoms with Crippen LogP contribution in [0, 0.1) is 0 Å². The number of halogens is 1. The Labute approximate surface area is 138 Å². The second kappa shape index (κ2) is 5.86. The van der Waals surface area contributed by atoms with E-state index in [4.69, 9.17) is 11.6 Å². The number of sulfone groups is 1. The molecule has 0 N–H and O–H groups in total. The smallest absolute Gasteiger partial charge is 0.247 e. The van der Waals surface area contributed by atoms with Crippen LogP contribution in [0.15, 0.2) is 29.3 Å². The van der Waals surface area contributed by atoms with Gasteiger partial charge in [0.15, 0.2) is 15.0 Å². The highest BCUT2D eigenvalue weighted by Gasteiger charge is 2.49. The normalized spacial score (nSPS) is 28.1. The number of aliphatic imine (C=N–C) groups is 1. The molecule has 2 aliphatic rings. The number of benzene rings is 1. The molecule has 0 radical (unpaired) electrons. The van der Waals surface area contributed by atoms with Crippen LogP contribution in [0.3, 0.4) is 0 Å². The molecule has 2 fully saturated rings. The van der Waals surface area contributed by atoms with Gasteiger partial charge in [-0.1, -0.05) is 42.4 Å². The maximum Gasteiger partial charge on any atom is 0.247 e. The van der Waals surface area contributed by atoms with E-state index in [0.29, 0.717) is 22.3 Å². The molecule has 1 amide bonds. The summed E-state index contributed by atoms with van der Waals surface area (Å²) in [4.78, 5) is 17.6. The monoisotopic (exact) mass is 358 g/mol. The molecule has 1 aromatic carbocycles. The van der Waals surface area contributed by atoms with E-state index in [-0.39, 0.29) is 28.7 Å². The molecule has 8 heteroatoms. The molecular formula is C14H15ClN2O3S2. The molecule has 3 rings (SSSR count). The van der Waals surface area contributed by atoms with Crippen molar-refractivity contribution in [2.45, 2.75) is 24.6 Å². The average molecular weight is 359 g/mol.